The fourth-order valence-electron chi connectivity index (χ4n) is 1.44. The van der Waals surface area contributed by atoms with Gasteiger partial charge in [0.25, 0.3) is 0 Å². The van der Waals surface area contributed by atoms with Gasteiger partial charge in [0.05, 0.1) is 0 Å². The van der Waals surface area contributed by atoms with Gasteiger partial charge in [-0.2, -0.15) is 0 Å². The molecule has 14 heavy (non-hydrogen) atoms. The van der Waals surface area contributed by atoms with Crippen molar-refractivity contribution in [3.8, 4) is 0 Å². The molecule has 2 nitrogen and oxygen atoms in total. The highest BCUT2D eigenvalue weighted by Crippen LogP contribution is 2.11. The molecule has 0 amide bonds. The van der Waals surface area contributed by atoms with E-state index in [-0.39, 0.29) is 0 Å². The predicted octanol–water partition coefficient (Wildman–Crippen LogP) is 2.40. The van der Waals surface area contributed by atoms with Crippen LogP contribution in [0.1, 0.15) is 19.8 Å². The Labute approximate surface area is 86.3 Å². The Hall–Kier alpha value is -1.02. The second-order valence-electron chi connectivity index (χ2n) is 3.42. The topological polar surface area (TPSA) is 21.3 Å². The van der Waals surface area contributed by atoms with Gasteiger partial charge in [-0.25, -0.2) is 0 Å². The molecule has 1 N–H and O–H groups in total. The van der Waals surface area contributed by atoms with E-state index in [1.165, 1.54) is 0 Å². The van der Waals surface area contributed by atoms with E-state index >= 15 is 0 Å². The van der Waals surface area contributed by atoms with Gasteiger partial charge in [0.1, 0.15) is 11.9 Å². The molecule has 0 unspecified atom stereocenters. The summed E-state index contributed by atoms with van der Waals surface area (Å²) < 4.78 is 5.68. The molecule has 0 aromatic heterocycles. The molecule has 0 radical (unpaired) electrons. The summed E-state index contributed by atoms with van der Waals surface area (Å²) in [4.78, 5) is 0. The summed E-state index contributed by atoms with van der Waals surface area (Å²) >= 11 is 0. The summed E-state index contributed by atoms with van der Waals surface area (Å²) in [5, 5.41) is 3.30. The van der Waals surface area contributed by atoms with Gasteiger partial charge in [-0.3, -0.25) is 0 Å². The molecule has 78 valence electrons. The molecule has 1 aliphatic rings. The van der Waals surface area contributed by atoms with Crippen LogP contribution < -0.4 is 5.32 Å². The third kappa shape index (κ3) is 4.28. The first-order valence-electron chi connectivity index (χ1n) is 5.18. The van der Waals surface area contributed by atoms with Crippen LogP contribution in [0.4, 0.5) is 0 Å². The summed E-state index contributed by atoms with van der Waals surface area (Å²) in [6, 6.07) is 0. The van der Waals surface area contributed by atoms with Crippen molar-refractivity contribution in [3.05, 3.63) is 36.6 Å². The fraction of sp³-hybridized carbons (Fsp3) is 0.500. The fourth-order valence-corrected chi connectivity index (χ4v) is 1.44. The molecule has 1 rings (SSSR count). The molecule has 0 aromatic carbocycles. The van der Waals surface area contributed by atoms with Crippen LogP contribution in [0.5, 0.6) is 0 Å². The smallest absolute Gasteiger partial charge is 0.112 e. The van der Waals surface area contributed by atoms with E-state index in [1.54, 1.807) is 0 Å². The van der Waals surface area contributed by atoms with E-state index < -0.39 is 0 Å². The largest absolute Gasteiger partial charge is 0.491 e. The molecule has 2 heteroatoms. The van der Waals surface area contributed by atoms with E-state index in [0.717, 1.165) is 31.7 Å². The Morgan fingerprint density at radius 3 is 2.71 bits per heavy atom. The van der Waals surface area contributed by atoms with Crippen LogP contribution in [0.2, 0.25) is 0 Å². The maximum absolute atomic E-state index is 5.68. The lowest BCUT2D eigenvalue weighted by Crippen LogP contribution is -2.32. The van der Waals surface area contributed by atoms with Crippen molar-refractivity contribution in [2.75, 3.05) is 13.1 Å². The number of nitrogens with one attached hydrogen (secondary N) is 1. The number of ether oxygens (including phenoxy) is 1. The van der Waals surface area contributed by atoms with Gasteiger partial charge in [-0.05, 0) is 38.9 Å². The summed E-state index contributed by atoms with van der Waals surface area (Å²) in [7, 11) is 0. The lowest BCUT2D eigenvalue weighted by molar-refractivity contribution is 0.0969. The van der Waals surface area contributed by atoms with E-state index in [0.29, 0.717) is 6.10 Å². The average molecular weight is 193 g/mol. The van der Waals surface area contributed by atoms with Crippen LogP contribution in [0.3, 0.4) is 0 Å². The predicted molar refractivity (Wildman–Crippen MR) is 60.1 cm³/mol. The summed E-state index contributed by atoms with van der Waals surface area (Å²) in [6.07, 6.45) is 10.3. The minimum absolute atomic E-state index is 0.346. The van der Waals surface area contributed by atoms with Crippen molar-refractivity contribution in [1.82, 2.24) is 5.32 Å². The molecule has 0 aromatic rings. The molecule has 0 saturated carbocycles. The highest BCUT2D eigenvalue weighted by atomic mass is 16.5. The highest BCUT2D eigenvalue weighted by Gasteiger charge is 2.13. The average Bonchev–Trinajstić information content (AvgIpc) is 2.20. The standard InChI is InChI=1S/C12H19NO/c1-3-4-5-6-11(2)14-12-7-9-13-10-8-12/h3-6,12-13H,2,7-10H2,1H3/b4-3+,6-5-. The molecule has 0 aliphatic carbocycles. The van der Waals surface area contributed by atoms with Crippen molar-refractivity contribution < 1.29 is 4.74 Å². The van der Waals surface area contributed by atoms with Gasteiger partial charge in [-0.1, -0.05) is 24.8 Å². The molecule has 0 atom stereocenters. The molecule has 1 heterocycles. The van der Waals surface area contributed by atoms with Gasteiger partial charge in [-0.15, -0.1) is 0 Å². The number of hydrogen-bond donors (Lipinski definition) is 1. The third-order valence-electron chi connectivity index (χ3n) is 2.19. The molecular weight excluding hydrogens is 174 g/mol. The van der Waals surface area contributed by atoms with Crippen molar-refractivity contribution in [2.24, 2.45) is 0 Å². The first kappa shape index (κ1) is 11.1. The number of hydrogen-bond acceptors (Lipinski definition) is 2. The maximum Gasteiger partial charge on any atom is 0.112 e. The molecule has 0 spiro atoms. The Balaban J connectivity index is 2.25. The Morgan fingerprint density at radius 1 is 1.36 bits per heavy atom. The first-order chi connectivity index (χ1) is 6.83. The SMILES string of the molecule is C=C(/C=C\C=C\C)OC1CCNCC1. The summed E-state index contributed by atoms with van der Waals surface area (Å²) in [6.45, 7) is 7.95. The van der Waals surface area contributed by atoms with Crippen LogP contribution in [0.25, 0.3) is 0 Å². The number of piperidine rings is 1. The zero-order valence-corrected chi connectivity index (χ0v) is 8.83. The van der Waals surface area contributed by atoms with Gasteiger partial charge >= 0.3 is 0 Å². The second kappa shape index (κ2) is 6.44. The monoisotopic (exact) mass is 193 g/mol. The van der Waals surface area contributed by atoms with Crippen molar-refractivity contribution in [2.45, 2.75) is 25.9 Å². The Kier molecular flexibility index (Phi) is 5.08. The van der Waals surface area contributed by atoms with Crippen molar-refractivity contribution in [3.63, 3.8) is 0 Å². The Bertz CT molecular complexity index is 224. The van der Waals surface area contributed by atoms with Crippen molar-refractivity contribution >= 4 is 0 Å². The van der Waals surface area contributed by atoms with Gasteiger partial charge in [0.2, 0.25) is 0 Å². The quantitative estimate of drug-likeness (QED) is 0.547. The molecular formula is C12H19NO. The minimum Gasteiger partial charge on any atom is -0.491 e. The number of allylic oxidation sites excluding steroid dienone is 4. The lowest BCUT2D eigenvalue weighted by Gasteiger charge is -2.23. The molecule has 0 bridgehead atoms. The zero-order valence-electron chi connectivity index (χ0n) is 8.83. The Morgan fingerprint density at radius 2 is 2.07 bits per heavy atom. The van der Waals surface area contributed by atoms with Crippen LogP contribution in [-0.2, 0) is 4.74 Å². The third-order valence-corrected chi connectivity index (χ3v) is 2.19. The molecule has 1 saturated heterocycles. The maximum atomic E-state index is 5.68. The molecule has 1 aliphatic heterocycles. The van der Waals surface area contributed by atoms with Crippen LogP contribution in [-0.4, -0.2) is 19.2 Å². The van der Waals surface area contributed by atoms with Crippen LogP contribution in [0, 0.1) is 0 Å². The first-order valence-corrected chi connectivity index (χ1v) is 5.18. The minimum atomic E-state index is 0.346. The van der Waals surface area contributed by atoms with E-state index in [9.17, 15) is 0 Å². The second-order valence-corrected chi connectivity index (χ2v) is 3.42. The zero-order chi connectivity index (χ0) is 10.2. The summed E-state index contributed by atoms with van der Waals surface area (Å²) in [5.74, 6) is 0.759. The van der Waals surface area contributed by atoms with Gasteiger partial charge < -0.3 is 10.1 Å². The van der Waals surface area contributed by atoms with Gasteiger partial charge in [0, 0.05) is 0 Å². The van der Waals surface area contributed by atoms with Crippen molar-refractivity contribution in [1.29, 1.82) is 0 Å². The number of rotatable bonds is 4. The van der Waals surface area contributed by atoms with Crippen LogP contribution >= 0.6 is 0 Å². The van der Waals surface area contributed by atoms with E-state index in [2.05, 4.69) is 11.9 Å². The molecule has 1 fully saturated rings. The van der Waals surface area contributed by atoms with E-state index in [1.807, 2.05) is 31.2 Å². The highest BCUT2D eigenvalue weighted by molar-refractivity contribution is 5.14. The lowest BCUT2D eigenvalue weighted by atomic mass is 10.1. The summed E-state index contributed by atoms with van der Waals surface area (Å²) in [5.41, 5.74) is 0. The normalized spacial score (nSPS) is 19.2. The van der Waals surface area contributed by atoms with Gasteiger partial charge in [0.15, 0.2) is 0 Å². The van der Waals surface area contributed by atoms with E-state index in [4.69, 9.17) is 4.74 Å². The van der Waals surface area contributed by atoms with Crippen LogP contribution in [0.15, 0.2) is 36.6 Å².